The van der Waals surface area contributed by atoms with Gasteiger partial charge in [0.25, 0.3) is 5.91 Å². The van der Waals surface area contributed by atoms with Gasteiger partial charge in [-0.1, -0.05) is 47.5 Å². The van der Waals surface area contributed by atoms with Crippen molar-refractivity contribution in [3.8, 4) is 5.75 Å². The summed E-state index contributed by atoms with van der Waals surface area (Å²) in [5.74, 6) is 0.360. The highest BCUT2D eigenvalue weighted by atomic mass is 35.5. The second kappa shape index (κ2) is 7.21. The lowest BCUT2D eigenvalue weighted by molar-refractivity contribution is -0.115. The number of ether oxygens (including phenoxy) is 1. The number of amides is 1. The van der Waals surface area contributed by atoms with Crippen molar-refractivity contribution >= 4 is 52.5 Å². The maximum absolute atomic E-state index is 11.8. The molecule has 1 fully saturated rings. The fourth-order valence-corrected chi connectivity index (χ4v) is 2.83. The first-order chi connectivity index (χ1) is 11.5. The number of halogens is 2. The van der Waals surface area contributed by atoms with Crippen molar-refractivity contribution in [2.45, 2.75) is 6.61 Å². The Kier molecular flexibility index (Phi) is 5.04. The molecule has 0 saturated carbocycles. The smallest absolute Gasteiger partial charge is 0.273 e. The quantitative estimate of drug-likeness (QED) is 0.625. The fourth-order valence-electron chi connectivity index (χ4n) is 2.16. The van der Waals surface area contributed by atoms with Crippen molar-refractivity contribution in [1.29, 1.82) is 0 Å². The van der Waals surface area contributed by atoms with Crippen molar-refractivity contribution < 1.29 is 9.53 Å². The minimum Gasteiger partial charge on any atom is -0.488 e. The zero-order valence-corrected chi connectivity index (χ0v) is 14.6. The number of carbonyl (C=O) groups is 1. The Bertz CT molecular complexity index is 852. The van der Waals surface area contributed by atoms with Gasteiger partial charge in [0, 0.05) is 21.2 Å². The van der Waals surface area contributed by atoms with Gasteiger partial charge in [-0.2, -0.15) is 0 Å². The Labute approximate surface area is 154 Å². The van der Waals surface area contributed by atoms with Crippen molar-refractivity contribution in [3.05, 3.63) is 69.3 Å². The summed E-state index contributed by atoms with van der Waals surface area (Å²) in [4.78, 5) is 11.8. The summed E-state index contributed by atoms with van der Waals surface area (Å²) in [7, 11) is 0. The Morgan fingerprint density at radius 3 is 2.62 bits per heavy atom. The zero-order valence-electron chi connectivity index (χ0n) is 12.3. The number of benzene rings is 2. The normalized spacial score (nSPS) is 15.3. The molecule has 1 heterocycles. The van der Waals surface area contributed by atoms with Gasteiger partial charge in [-0.15, -0.1) is 0 Å². The van der Waals surface area contributed by atoms with E-state index in [0.29, 0.717) is 21.5 Å². The molecule has 1 aliphatic heterocycles. The van der Waals surface area contributed by atoms with Gasteiger partial charge < -0.3 is 10.1 Å². The average molecular weight is 379 g/mol. The lowest BCUT2D eigenvalue weighted by Gasteiger charge is -2.11. The summed E-state index contributed by atoms with van der Waals surface area (Å²) in [6.45, 7) is 0.286. The molecule has 3 rings (SSSR count). The Hall–Kier alpha value is -2.08. The van der Waals surface area contributed by atoms with Crippen LogP contribution in [0.3, 0.4) is 0 Å². The van der Waals surface area contributed by atoms with E-state index in [1.54, 1.807) is 18.2 Å². The van der Waals surface area contributed by atoms with Gasteiger partial charge in [-0.3, -0.25) is 10.1 Å². The lowest BCUT2D eigenvalue weighted by atomic mass is 10.1. The molecular formula is C17H12Cl2N2O2S. The van der Waals surface area contributed by atoms with Crippen LogP contribution in [0, 0.1) is 0 Å². The highest BCUT2D eigenvalue weighted by Crippen LogP contribution is 2.25. The van der Waals surface area contributed by atoms with Gasteiger partial charge in [0.05, 0.1) is 0 Å². The number of rotatable bonds is 4. The minimum absolute atomic E-state index is 0.268. The van der Waals surface area contributed by atoms with Crippen LogP contribution in [0.25, 0.3) is 6.08 Å². The minimum atomic E-state index is -0.268. The van der Waals surface area contributed by atoms with E-state index in [1.807, 2.05) is 30.3 Å². The molecule has 2 N–H and O–H groups in total. The Morgan fingerprint density at radius 1 is 1.12 bits per heavy atom. The van der Waals surface area contributed by atoms with Crippen molar-refractivity contribution in [2.75, 3.05) is 0 Å². The van der Waals surface area contributed by atoms with Crippen LogP contribution in [0.1, 0.15) is 11.1 Å². The van der Waals surface area contributed by atoms with Crippen LogP contribution < -0.4 is 15.4 Å². The second-order valence-electron chi connectivity index (χ2n) is 5.03. The van der Waals surface area contributed by atoms with Gasteiger partial charge in [0.1, 0.15) is 18.1 Å². The lowest BCUT2D eigenvalue weighted by Crippen LogP contribution is -2.21. The molecule has 0 aromatic heterocycles. The van der Waals surface area contributed by atoms with Gasteiger partial charge in [0.2, 0.25) is 0 Å². The molecule has 0 radical (unpaired) electrons. The molecule has 122 valence electrons. The number of hydrogen-bond donors (Lipinski definition) is 2. The van der Waals surface area contributed by atoms with Crippen LogP contribution in [0.4, 0.5) is 0 Å². The predicted octanol–water partition coefficient (Wildman–Crippen LogP) is 3.92. The summed E-state index contributed by atoms with van der Waals surface area (Å²) in [6.07, 6.45) is 1.69. The number of hydrogen-bond acceptors (Lipinski definition) is 3. The van der Waals surface area contributed by atoms with Crippen LogP contribution in [0.15, 0.2) is 48.2 Å². The second-order valence-corrected chi connectivity index (χ2v) is 6.28. The fraction of sp³-hybridized carbons (Fsp3) is 0.0588. The van der Waals surface area contributed by atoms with Crippen molar-refractivity contribution in [2.24, 2.45) is 0 Å². The van der Waals surface area contributed by atoms with Gasteiger partial charge in [-0.25, -0.2) is 0 Å². The standard InChI is InChI=1S/C17H12Cl2N2O2S/c18-12-6-5-11(13(19)8-12)9-23-15-4-2-1-3-10(15)7-14-16(22)21-17(24)20-14/h1-8H,9H2,(H2,20,21,22,24). The summed E-state index contributed by atoms with van der Waals surface area (Å²) in [6, 6.07) is 12.6. The monoisotopic (exact) mass is 378 g/mol. The third-order valence-electron chi connectivity index (χ3n) is 3.34. The zero-order chi connectivity index (χ0) is 17.1. The Balaban J connectivity index is 1.81. The molecule has 1 saturated heterocycles. The largest absolute Gasteiger partial charge is 0.488 e. The molecule has 1 amide bonds. The van der Waals surface area contributed by atoms with Crippen LogP contribution in [0.5, 0.6) is 5.75 Å². The maximum atomic E-state index is 11.8. The molecule has 2 aromatic carbocycles. The van der Waals surface area contributed by atoms with Crippen molar-refractivity contribution in [1.82, 2.24) is 10.6 Å². The summed E-state index contributed by atoms with van der Waals surface area (Å²) in [5, 5.41) is 6.73. The first-order valence-electron chi connectivity index (χ1n) is 7.03. The number of carbonyl (C=O) groups excluding carboxylic acids is 1. The topological polar surface area (TPSA) is 50.4 Å². The summed E-state index contributed by atoms with van der Waals surface area (Å²) in [5.41, 5.74) is 1.95. The molecular weight excluding hydrogens is 367 g/mol. The molecule has 1 aliphatic rings. The first-order valence-corrected chi connectivity index (χ1v) is 8.19. The SMILES string of the molecule is O=C1NC(=S)NC1=Cc1ccccc1OCc1ccc(Cl)cc1Cl. The van der Waals surface area contributed by atoms with E-state index in [4.69, 9.17) is 40.2 Å². The highest BCUT2D eigenvalue weighted by molar-refractivity contribution is 7.80. The van der Waals surface area contributed by atoms with Gasteiger partial charge in [-0.05, 0) is 36.5 Å². The molecule has 0 unspecified atom stereocenters. The molecule has 2 aromatic rings. The van der Waals surface area contributed by atoms with E-state index in [2.05, 4.69) is 10.6 Å². The number of thiocarbonyl (C=S) groups is 1. The van der Waals surface area contributed by atoms with E-state index >= 15 is 0 Å². The van der Waals surface area contributed by atoms with E-state index < -0.39 is 0 Å². The van der Waals surface area contributed by atoms with Crippen LogP contribution in [-0.2, 0) is 11.4 Å². The third-order valence-corrected chi connectivity index (χ3v) is 4.13. The number of para-hydroxylation sites is 1. The van der Waals surface area contributed by atoms with Crippen LogP contribution in [0.2, 0.25) is 10.0 Å². The van der Waals surface area contributed by atoms with E-state index in [9.17, 15) is 4.79 Å². The van der Waals surface area contributed by atoms with Gasteiger partial charge in [0.15, 0.2) is 5.11 Å². The molecule has 0 spiro atoms. The summed E-state index contributed by atoms with van der Waals surface area (Å²) >= 11 is 17.0. The Morgan fingerprint density at radius 2 is 1.92 bits per heavy atom. The van der Waals surface area contributed by atoms with E-state index in [1.165, 1.54) is 0 Å². The average Bonchev–Trinajstić information content (AvgIpc) is 2.85. The molecule has 7 heteroatoms. The van der Waals surface area contributed by atoms with Crippen LogP contribution in [-0.4, -0.2) is 11.0 Å². The molecule has 0 aliphatic carbocycles. The van der Waals surface area contributed by atoms with Crippen molar-refractivity contribution in [3.63, 3.8) is 0 Å². The van der Waals surface area contributed by atoms with E-state index in [-0.39, 0.29) is 17.6 Å². The van der Waals surface area contributed by atoms with Crippen LogP contribution >= 0.6 is 35.4 Å². The highest BCUT2D eigenvalue weighted by Gasteiger charge is 2.20. The molecule has 24 heavy (non-hydrogen) atoms. The van der Waals surface area contributed by atoms with Gasteiger partial charge >= 0.3 is 0 Å². The molecule has 0 bridgehead atoms. The molecule has 4 nitrogen and oxygen atoms in total. The first kappa shape index (κ1) is 16.8. The maximum Gasteiger partial charge on any atom is 0.273 e. The molecule has 0 atom stereocenters. The summed E-state index contributed by atoms with van der Waals surface area (Å²) < 4.78 is 5.85. The van der Waals surface area contributed by atoms with E-state index in [0.717, 1.165) is 11.1 Å². The number of nitrogens with one attached hydrogen (secondary N) is 2. The third kappa shape index (κ3) is 3.87. The predicted molar refractivity (Wildman–Crippen MR) is 99.1 cm³/mol.